The van der Waals surface area contributed by atoms with E-state index in [1.807, 2.05) is 30.3 Å². The van der Waals surface area contributed by atoms with E-state index in [2.05, 4.69) is 4.98 Å². The molecule has 6 unspecified atom stereocenters. The van der Waals surface area contributed by atoms with Crippen LogP contribution in [0.25, 0.3) is 22.6 Å². The number of aromatic nitrogens is 1. The first-order valence-corrected chi connectivity index (χ1v) is 17.1. The number of carbonyl (C=O) groups is 4. The molecule has 2 aliphatic carbocycles. The van der Waals surface area contributed by atoms with Crippen LogP contribution >= 0.6 is 23.2 Å². The highest BCUT2D eigenvalue weighted by molar-refractivity contribution is 6.58. The summed E-state index contributed by atoms with van der Waals surface area (Å²) in [5.41, 5.74) is 3.57. The maximum absolute atomic E-state index is 14.4. The third kappa shape index (κ3) is 4.36. The maximum atomic E-state index is 14.4. The lowest BCUT2D eigenvalue weighted by Gasteiger charge is -2.50. The number of benzene rings is 4. The number of rotatable bonds is 4. The number of anilines is 2. The van der Waals surface area contributed by atoms with Gasteiger partial charge in [-0.2, -0.15) is 0 Å². The second kappa shape index (κ2) is 11.1. The summed E-state index contributed by atoms with van der Waals surface area (Å²) in [6.45, 7) is 0. The number of phenolic OH excluding ortho intramolecular Hbond substituents is 1. The largest absolute Gasteiger partial charge is 0.508 e. The Labute approximate surface area is 299 Å². The summed E-state index contributed by atoms with van der Waals surface area (Å²) in [6, 6.07) is 25.1. The molecule has 0 radical (unpaired) electrons. The summed E-state index contributed by atoms with van der Waals surface area (Å²) in [5.74, 6) is -6.00. The number of amides is 4. The minimum absolute atomic E-state index is 0.0272. The van der Waals surface area contributed by atoms with Crippen molar-refractivity contribution in [2.75, 3.05) is 9.80 Å². The van der Waals surface area contributed by atoms with Crippen LogP contribution in [0.15, 0.2) is 113 Å². The summed E-state index contributed by atoms with van der Waals surface area (Å²) in [6.07, 6.45) is 1.83. The van der Waals surface area contributed by atoms with Crippen LogP contribution < -0.4 is 9.80 Å². The fourth-order valence-corrected chi connectivity index (χ4v) is 9.38. The lowest BCUT2D eigenvalue weighted by Crippen LogP contribution is -2.60. The maximum Gasteiger partial charge on any atom is 0.258 e. The van der Waals surface area contributed by atoms with Crippen LogP contribution in [-0.2, 0) is 19.2 Å². The third-order valence-electron chi connectivity index (χ3n) is 10.8. The fourth-order valence-electron chi connectivity index (χ4n) is 8.44. The molecule has 1 saturated carbocycles. The Bertz CT molecular complexity index is 2310. The van der Waals surface area contributed by atoms with Gasteiger partial charge < -0.3 is 9.52 Å². The van der Waals surface area contributed by atoms with Gasteiger partial charge in [0.1, 0.15) is 17.1 Å². The molecule has 4 amide bonds. The second-order valence-electron chi connectivity index (χ2n) is 13.4. The molecule has 3 heterocycles. The zero-order valence-electron chi connectivity index (χ0n) is 26.5. The van der Waals surface area contributed by atoms with E-state index in [0.717, 1.165) is 17.0 Å². The number of oxazole rings is 1. The normalized spacial score (nSPS) is 28.6. The quantitative estimate of drug-likeness (QED) is 0.119. The van der Waals surface area contributed by atoms with Crippen LogP contribution in [0.4, 0.5) is 15.8 Å². The molecule has 1 aromatic heterocycles. The van der Waals surface area contributed by atoms with Gasteiger partial charge in [0, 0.05) is 11.5 Å². The van der Waals surface area contributed by atoms with Crippen molar-refractivity contribution in [2.24, 2.45) is 17.8 Å². The Morgan fingerprint density at radius 3 is 2.16 bits per heavy atom. The first-order chi connectivity index (χ1) is 24.5. The van der Waals surface area contributed by atoms with Crippen molar-refractivity contribution < 1.29 is 33.1 Å². The van der Waals surface area contributed by atoms with E-state index in [-0.39, 0.29) is 30.2 Å². The topological polar surface area (TPSA) is 121 Å². The minimum atomic E-state index is -2.06. The number of aromatic hydroxyl groups is 1. The smallest absolute Gasteiger partial charge is 0.258 e. The summed E-state index contributed by atoms with van der Waals surface area (Å²) in [5, 5.41) is 10.1. The highest BCUT2D eigenvalue weighted by atomic mass is 35.5. The Morgan fingerprint density at radius 1 is 0.784 bits per heavy atom. The summed E-state index contributed by atoms with van der Waals surface area (Å²) in [7, 11) is 0. The Balaban J connectivity index is 1.11. The molecule has 4 aromatic carbocycles. The van der Waals surface area contributed by atoms with Crippen LogP contribution in [0, 0.1) is 23.6 Å². The van der Waals surface area contributed by atoms with Gasteiger partial charge in [-0.1, -0.05) is 35.9 Å². The van der Waals surface area contributed by atoms with Crippen molar-refractivity contribution in [3.8, 4) is 17.2 Å². The predicted molar refractivity (Wildman–Crippen MR) is 187 cm³/mol. The van der Waals surface area contributed by atoms with Crippen LogP contribution in [0.3, 0.4) is 0 Å². The summed E-state index contributed by atoms with van der Waals surface area (Å²) >= 11 is 14.8. The minimum Gasteiger partial charge on any atom is -0.508 e. The first-order valence-electron chi connectivity index (χ1n) is 16.4. The molecule has 9 rings (SSSR count). The standard InChI is InChI=1S/C39H26Cl2FN3O6/c40-38-19-28-26(32(20-7-15-25(46)16-8-20)39(38,41)37(50)45(36(38)49)24-13-9-22(42)10-14-24)17-18-27-31(28)35(48)44(34(27)47)23-11-5-21(6-12-23)33-43-29-3-1-2-4-30(29)51-33/h1-17,27-28,31-32,46H,18-19H2. The van der Waals surface area contributed by atoms with Crippen molar-refractivity contribution in [1.82, 2.24) is 4.98 Å². The molecule has 12 heteroatoms. The molecule has 1 N–H and O–H groups in total. The van der Waals surface area contributed by atoms with Gasteiger partial charge in [0.05, 0.1) is 23.2 Å². The lowest BCUT2D eigenvalue weighted by molar-refractivity contribution is -0.125. The molecule has 3 fully saturated rings. The van der Waals surface area contributed by atoms with E-state index in [1.165, 1.54) is 29.2 Å². The van der Waals surface area contributed by atoms with Crippen molar-refractivity contribution in [2.45, 2.75) is 28.5 Å². The number of alkyl halides is 2. The number of allylic oxidation sites excluding steroid dienone is 2. The molecular formula is C39H26Cl2FN3O6. The molecule has 9 nitrogen and oxygen atoms in total. The third-order valence-corrected chi connectivity index (χ3v) is 12.2. The number of hydrogen-bond donors (Lipinski definition) is 1. The van der Waals surface area contributed by atoms with Gasteiger partial charge in [0.2, 0.25) is 17.7 Å². The van der Waals surface area contributed by atoms with E-state index >= 15 is 0 Å². The molecule has 2 saturated heterocycles. The average Bonchev–Trinajstić information content (AvgIpc) is 3.72. The fraction of sp³-hybridized carbons (Fsp3) is 0.205. The molecule has 2 aliphatic heterocycles. The molecular weight excluding hydrogens is 696 g/mol. The van der Waals surface area contributed by atoms with Crippen molar-refractivity contribution in [3.05, 3.63) is 120 Å². The number of imide groups is 2. The number of halogens is 3. The van der Waals surface area contributed by atoms with Gasteiger partial charge in [0.15, 0.2) is 15.3 Å². The number of fused-ring (bicyclic) bond motifs is 5. The van der Waals surface area contributed by atoms with Gasteiger partial charge in [-0.05, 0) is 97.1 Å². The van der Waals surface area contributed by atoms with E-state index < -0.39 is 57.0 Å². The van der Waals surface area contributed by atoms with Crippen LogP contribution in [0.5, 0.6) is 5.75 Å². The van der Waals surface area contributed by atoms with Crippen molar-refractivity contribution in [3.63, 3.8) is 0 Å². The first kappa shape index (κ1) is 31.6. The SMILES string of the molecule is O=C1C2CC=C3C(CC4(Cl)C(=O)N(c5ccc(F)cc5)C(=O)C4(Cl)C3c3ccc(O)cc3)C2C(=O)N1c1ccc(-c2nc3ccccc3o2)cc1. The van der Waals surface area contributed by atoms with Crippen LogP contribution in [-0.4, -0.2) is 43.5 Å². The van der Waals surface area contributed by atoms with Crippen molar-refractivity contribution >= 4 is 69.3 Å². The highest BCUT2D eigenvalue weighted by Crippen LogP contribution is 2.66. The van der Waals surface area contributed by atoms with Gasteiger partial charge >= 0.3 is 0 Å². The van der Waals surface area contributed by atoms with E-state index in [1.54, 1.807) is 36.4 Å². The van der Waals surface area contributed by atoms with E-state index in [4.69, 9.17) is 27.6 Å². The van der Waals surface area contributed by atoms with Gasteiger partial charge in [0.25, 0.3) is 11.8 Å². The molecule has 0 bridgehead atoms. The van der Waals surface area contributed by atoms with E-state index in [0.29, 0.717) is 39.4 Å². The molecule has 4 aliphatic rings. The number of nitrogens with zero attached hydrogens (tertiary/aromatic N) is 3. The molecule has 51 heavy (non-hydrogen) atoms. The number of para-hydroxylation sites is 2. The zero-order valence-corrected chi connectivity index (χ0v) is 28.0. The Hall–Kier alpha value is -5.32. The zero-order chi connectivity index (χ0) is 35.4. The number of phenols is 1. The predicted octanol–water partition coefficient (Wildman–Crippen LogP) is 7.11. The monoisotopic (exact) mass is 721 g/mol. The van der Waals surface area contributed by atoms with Crippen molar-refractivity contribution in [1.29, 1.82) is 0 Å². The van der Waals surface area contributed by atoms with Gasteiger partial charge in [-0.15, -0.1) is 23.2 Å². The molecule has 254 valence electrons. The second-order valence-corrected chi connectivity index (χ2v) is 14.6. The van der Waals surface area contributed by atoms with E-state index in [9.17, 15) is 28.7 Å². The lowest BCUT2D eigenvalue weighted by atomic mass is 9.56. The van der Waals surface area contributed by atoms with Gasteiger partial charge in [-0.3, -0.25) is 24.1 Å². The molecule has 0 spiro atoms. The Morgan fingerprint density at radius 2 is 1.45 bits per heavy atom. The van der Waals surface area contributed by atoms with Crippen LogP contribution in [0.1, 0.15) is 24.3 Å². The summed E-state index contributed by atoms with van der Waals surface area (Å²) in [4.78, 5) is 59.7. The van der Waals surface area contributed by atoms with Crippen LogP contribution in [0.2, 0.25) is 0 Å². The highest BCUT2D eigenvalue weighted by Gasteiger charge is 2.76. The average molecular weight is 723 g/mol. The Kier molecular flexibility index (Phi) is 6.88. The summed E-state index contributed by atoms with van der Waals surface area (Å²) < 4.78 is 19.8. The molecule has 5 aromatic rings. The molecule has 6 atom stereocenters. The number of hydrogen-bond acceptors (Lipinski definition) is 7. The van der Waals surface area contributed by atoms with Gasteiger partial charge in [-0.25, -0.2) is 14.3 Å². The number of carbonyl (C=O) groups excluding carboxylic acids is 4.